The second-order valence-electron chi connectivity index (χ2n) is 7.60. The molecule has 0 radical (unpaired) electrons. The van der Waals surface area contributed by atoms with Gasteiger partial charge in [-0.2, -0.15) is 0 Å². The molecule has 0 N–H and O–H groups in total. The summed E-state index contributed by atoms with van der Waals surface area (Å²) in [6.45, 7) is 0. The molecule has 0 unspecified atom stereocenters. The monoisotopic (exact) mass is 389 g/mol. The molecular formula is C23H19NO5. The van der Waals surface area contributed by atoms with Gasteiger partial charge in [-0.05, 0) is 54.7 Å². The Morgan fingerprint density at radius 3 is 2.17 bits per heavy atom. The summed E-state index contributed by atoms with van der Waals surface area (Å²) in [5.41, 5.74) is 0.825. The first kappa shape index (κ1) is 17.7. The number of nitrogens with zero attached hydrogens (tertiary/aromatic N) is 1. The van der Waals surface area contributed by atoms with Gasteiger partial charge in [0, 0.05) is 0 Å². The van der Waals surface area contributed by atoms with Crippen LogP contribution < -0.4 is 14.4 Å². The maximum absolute atomic E-state index is 12.9. The van der Waals surface area contributed by atoms with E-state index in [0.717, 1.165) is 6.42 Å². The van der Waals surface area contributed by atoms with Crippen molar-refractivity contribution in [3.63, 3.8) is 0 Å². The average Bonchev–Trinajstić information content (AvgIpc) is 3.42. The van der Waals surface area contributed by atoms with Gasteiger partial charge >= 0.3 is 5.97 Å². The number of methoxy groups -OCH3 is 1. The van der Waals surface area contributed by atoms with Crippen molar-refractivity contribution in [3.05, 3.63) is 66.2 Å². The second-order valence-corrected chi connectivity index (χ2v) is 7.60. The lowest BCUT2D eigenvalue weighted by atomic mass is 9.85. The first-order chi connectivity index (χ1) is 14.1. The van der Waals surface area contributed by atoms with Crippen molar-refractivity contribution in [2.75, 3.05) is 12.0 Å². The molecule has 0 spiro atoms. The van der Waals surface area contributed by atoms with Gasteiger partial charge in [-0.3, -0.25) is 14.5 Å². The highest BCUT2D eigenvalue weighted by Gasteiger charge is 2.59. The Kier molecular flexibility index (Phi) is 4.01. The average molecular weight is 389 g/mol. The Labute approximate surface area is 167 Å². The van der Waals surface area contributed by atoms with Gasteiger partial charge in [-0.15, -0.1) is 0 Å². The van der Waals surface area contributed by atoms with E-state index in [1.54, 1.807) is 48.5 Å². The highest BCUT2D eigenvalue weighted by atomic mass is 16.5. The molecule has 6 nitrogen and oxygen atoms in total. The highest BCUT2D eigenvalue weighted by Crippen LogP contribution is 2.53. The summed E-state index contributed by atoms with van der Waals surface area (Å²) in [5, 5.41) is 0. The smallest absolute Gasteiger partial charge is 0.347 e. The number of para-hydroxylation sites is 1. The van der Waals surface area contributed by atoms with E-state index in [0.29, 0.717) is 22.7 Å². The van der Waals surface area contributed by atoms with Crippen LogP contribution in [0.2, 0.25) is 0 Å². The molecule has 2 bridgehead atoms. The number of carbonyl (C=O) groups is 3. The number of rotatable bonds is 4. The second kappa shape index (κ2) is 6.58. The fourth-order valence-corrected chi connectivity index (χ4v) is 4.80. The SMILES string of the molecule is COc1ccccc1C(=O)Oc1ccc(N2C(=O)[C@H]3[C@H](C2=O)[C@H]2C=C[C@H]3C2)cc1. The molecule has 2 aliphatic carbocycles. The third-order valence-electron chi connectivity index (χ3n) is 6.10. The van der Waals surface area contributed by atoms with Gasteiger partial charge in [0.15, 0.2) is 0 Å². The molecule has 4 atom stereocenters. The molecular weight excluding hydrogens is 370 g/mol. The zero-order chi connectivity index (χ0) is 20.1. The number of imide groups is 1. The molecule has 5 rings (SSSR count). The Balaban J connectivity index is 1.34. The molecule has 1 heterocycles. The van der Waals surface area contributed by atoms with Crippen LogP contribution in [0.5, 0.6) is 11.5 Å². The topological polar surface area (TPSA) is 72.9 Å². The predicted octanol–water partition coefficient (Wildman–Crippen LogP) is 3.23. The Morgan fingerprint density at radius 2 is 1.55 bits per heavy atom. The van der Waals surface area contributed by atoms with Crippen LogP contribution in [0.15, 0.2) is 60.7 Å². The molecule has 2 amide bonds. The van der Waals surface area contributed by atoms with E-state index in [1.165, 1.54) is 12.0 Å². The summed E-state index contributed by atoms with van der Waals surface area (Å²) >= 11 is 0. The van der Waals surface area contributed by atoms with Crippen LogP contribution in [0.3, 0.4) is 0 Å². The molecule has 0 aromatic heterocycles. The summed E-state index contributed by atoms with van der Waals surface area (Å²) in [5.74, 6) is -0.170. The molecule has 1 saturated carbocycles. The number of benzene rings is 2. The number of anilines is 1. The Morgan fingerprint density at radius 1 is 0.931 bits per heavy atom. The zero-order valence-electron chi connectivity index (χ0n) is 15.8. The third-order valence-corrected chi connectivity index (χ3v) is 6.10. The van der Waals surface area contributed by atoms with Gasteiger partial charge in [0.1, 0.15) is 17.1 Å². The number of ether oxygens (including phenoxy) is 2. The van der Waals surface area contributed by atoms with Crippen LogP contribution in [0.1, 0.15) is 16.8 Å². The number of esters is 1. The molecule has 3 aliphatic rings. The number of carbonyl (C=O) groups excluding carboxylic acids is 3. The van der Waals surface area contributed by atoms with Crippen molar-refractivity contribution in [1.82, 2.24) is 0 Å². The van der Waals surface area contributed by atoms with Gasteiger partial charge in [0.05, 0.1) is 24.6 Å². The van der Waals surface area contributed by atoms with Gasteiger partial charge in [0.25, 0.3) is 0 Å². The summed E-state index contributed by atoms with van der Waals surface area (Å²) in [6, 6.07) is 13.3. The Hall–Kier alpha value is -3.41. The summed E-state index contributed by atoms with van der Waals surface area (Å²) in [4.78, 5) is 39.5. The summed E-state index contributed by atoms with van der Waals surface area (Å²) < 4.78 is 10.6. The number of amides is 2. The standard InChI is InChI=1S/C23H19NO5/c1-28-18-5-3-2-4-17(18)23(27)29-16-10-8-15(9-11-16)24-21(25)19-13-6-7-14(12-13)20(19)22(24)26/h2-11,13-14,19-20H,12H2,1H3/t13-,14-,19+,20+/m0/s1. The van der Waals surface area contributed by atoms with E-state index in [4.69, 9.17) is 9.47 Å². The minimum atomic E-state index is -0.541. The molecule has 1 saturated heterocycles. The zero-order valence-corrected chi connectivity index (χ0v) is 15.8. The normalized spacial score (nSPS) is 26.7. The molecule has 1 aliphatic heterocycles. The maximum atomic E-state index is 12.9. The van der Waals surface area contributed by atoms with Crippen LogP contribution in [-0.2, 0) is 9.59 Å². The fourth-order valence-electron chi connectivity index (χ4n) is 4.80. The van der Waals surface area contributed by atoms with E-state index in [1.807, 2.05) is 0 Å². The third kappa shape index (κ3) is 2.67. The lowest BCUT2D eigenvalue weighted by Crippen LogP contribution is -2.32. The molecule has 6 heteroatoms. The number of hydrogen-bond donors (Lipinski definition) is 0. The molecule has 2 aromatic rings. The lowest BCUT2D eigenvalue weighted by Gasteiger charge is -2.17. The minimum Gasteiger partial charge on any atom is -0.496 e. The van der Waals surface area contributed by atoms with E-state index in [9.17, 15) is 14.4 Å². The number of hydrogen-bond acceptors (Lipinski definition) is 5. The van der Waals surface area contributed by atoms with Crippen LogP contribution >= 0.6 is 0 Å². The quantitative estimate of drug-likeness (QED) is 0.347. The van der Waals surface area contributed by atoms with E-state index >= 15 is 0 Å². The summed E-state index contributed by atoms with van der Waals surface area (Å²) in [7, 11) is 1.49. The predicted molar refractivity (Wildman–Crippen MR) is 105 cm³/mol. The van der Waals surface area contributed by atoms with Crippen LogP contribution in [-0.4, -0.2) is 24.9 Å². The van der Waals surface area contributed by atoms with Crippen molar-refractivity contribution < 1.29 is 23.9 Å². The maximum Gasteiger partial charge on any atom is 0.347 e. The summed E-state index contributed by atoms with van der Waals surface area (Å²) in [6.07, 6.45) is 5.04. The number of fused-ring (bicyclic) bond motifs is 5. The van der Waals surface area contributed by atoms with Crippen LogP contribution in [0.4, 0.5) is 5.69 Å². The highest BCUT2D eigenvalue weighted by molar-refractivity contribution is 6.22. The lowest BCUT2D eigenvalue weighted by molar-refractivity contribution is -0.123. The fraction of sp³-hybridized carbons (Fsp3) is 0.261. The van der Waals surface area contributed by atoms with E-state index in [-0.39, 0.29) is 35.5 Å². The largest absolute Gasteiger partial charge is 0.496 e. The molecule has 2 aromatic carbocycles. The van der Waals surface area contributed by atoms with Crippen molar-refractivity contribution in [1.29, 1.82) is 0 Å². The van der Waals surface area contributed by atoms with Crippen LogP contribution in [0.25, 0.3) is 0 Å². The van der Waals surface area contributed by atoms with Gasteiger partial charge in [-0.1, -0.05) is 24.3 Å². The van der Waals surface area contributed by atoms with E-state index in [2.05, 4.69) is 12.2 Å². The number of allylic oxidation sites excluding steroid dienone is 2. The van der Waals surface area contributed by atoms with Gasteiger partial charge in [-0.25, -0.2) is 4.79 Å². The van der Waals surface area contributed by atoms with E-state index < -0.39 is 5.97 Å². The first-order valence-electron chi connectivity index (χ1n) is 9.60. The first-order valence-corrected chi connectivity index (χ1v) is 9.60. The van der Waals surface area contributed by atoms with Crippen molar-refractivity contribution in [2.45, 2.75) is 6.42 Å². The van der Waals surface area contributed by atoms with Gasteiger partial charge in [0.2, 0.25) is 11.8 Å². The molecule has 2 fully saturated rings. The molecule has 29 heavy (non-hydrogen) atoms. The van der Waals surface area contributed by atoms with Crippen molar-refractivity contribution in [3.8, 4) is 11.5 Å². The van der Waals surface area contributed by atoms with Crippen molar-refractivity contribution in [2.24, 2.45) is 23.7 Å². The molecule has 146 valence electrons. The Bertz CT molecular complexity index is 1010. The minimum absolute atomic E-state index is 0.129. The van der Waals surface area contributed by atoms with Crippen LogP contribution in [0, 0.1) is 23.7 Å². The van der Waals surface area contributed by atoms with Crippen molar-refractivity contribution >= 4 is 23.5 Å². The van der Waals surface area contributed by atoms with Gasteiger partial charge < -0.3 is 9.47 Å².